The average Bonchev–Trinajstić information content (AvgIpc) is 2.26. The molecule has 0 saturated carbocycles. The van der Waals surface area contributed by atoms with E-state index in [1.807, 2.05) is 0 Å². The molecule has 1 N–H and O–H groups in total. The van der Waals surface area contributed by atoms with E-state index in [1.165, 1.54) is 45.2 Å². The van der Waals surface area contributed by atoms with Crippen LogP contribution in [0.1, 0.15) is 52.9 Å². The van der Waals surface area contributed by atoms with Crippen molar-refractivity contribution in [1.82, 2.24) is 5.32 Å². The van der Waals surface area contributed by atoms with Crippen LogP contribution in [0, 0.1) is 17.8 Å². The first-order valence-electron chi connectivity index (χ1n) is 6.50. The second-order valence-electron chi connectivity index (χ2n) is 4.93. The van der Waals surface area contributed by atoms with Crippen LogP contribution in [0.4, 0.5) is 0 Å². The third-order valence-corrected chi connectivity index (χ3v) is 3.99. The predicted octanol–water partition coefficient (Wildman–Crippen LogP) is 3.45. The smallest absolute Gasteiger partial charge is 0.00462 e. The highest BCUT2D eigenvalue weighted by Crippen LogP contribution is 2.33. The lowest BCUT2D eigenvalue weighted by molar-refractivity contribution is 0.178. The second kappa shape index (κ2) is 6.44. The molecule has 0 aromatic carbocycles. The Kier molecular flexibility index (Phi) is 5.54. The number of nitrogens with one attached hydrogen (secondary N) is 1. The van der Waals surface area contributed by atoms with Crippen LogP contribution in [0.5, 0.6) is 0 Å². The summed E-state index contributed by atoms with van der Waals surface area (Å²) in [6.45, 7) is 9.62. The molecule has 0 aromatic heterocycles. The Morgan fingerprint density at radius 3 is 2.36 bits per heavy atom. The Labute approximate surface area is 89.7 Å². The van der Waals surface area contributed by atoms with Gasteiger partial charge in [-0.25, -0.2) is 0 Å². The molecule has 1 saturated heterocycles. The van der Waals surface area contributed by atoms with Gasteiger partial charge in [-0.1, -0.05) is 40.0 Å². The van der Waals surface area contributed by atoms with Gasteiger partial charge in [-0.2, -0.15) is 0 Å². The molecule has 0 bridgehead atoms. The van der Waals surface area contributed by atoms with Crippen LogP contribution in [-0.4, -0.2) is 13.1 Å². The minimum atomic E-state index is 0.929. The van der Waals surface area contributed by atoms with Crippen molar-refractivity contribution in [2.75, 3.05) is 13.1 Å². The molecule has 14 heavy (non-hydrogen) atoms. The number of piperidine rings is 1. The quantitative estimate of drug-likeness (QED) is 0.712. The first-order chi connectivity index (χ1) is 6.79. The zero-order valence-electron chi connectivity index (χ0n) is 10.2. The van der Waals surface area contributed by atoms with Gasteiger partial charge >= 0.3 is 0 Å². The minimum Gasteiger partial charge on any atom is -0.317 e. The van der Waals surface area contributed by atoms with Gasteiger partial charge in [0.2, 0.25) is 0 Å². The third-order valence-electron chi connectivity index (χ3n) is 3.99. The van der Waals surface area contributed by atoms with Crippen LogP contribution in [0.2, 0.25) is 0 Å². The molecule has 1 rings (SSSR count). The van der Waals surface area contributed by atoms with Gasteiger partial charge in [0.05, 0.1) is 0 Å². The molecule has 1 heteroatoms. The molecule has 2 atom stereocenters. The Balaban J connectivity index is 2.46. The highest BCUT2D eigenvalue weighted by atomic mass is 14.9. The summed E-state index contributed by atoms with van der Waals surface area (Å²) in [6, 6.07) is 0. The van der Waals surface area contributed by atoms with E-state index < -0.39 is 0 Å². The molecule has 1 aliphatic heterocycles. The van der Waals surface area contributed by atoms with Crippen LogP contribution in [0.3, 0.4) is 0 Å². The lowest BCUT2D eigenvalue weighted by atomic mass is 9.74. The first-order valence-corrected chi connectivity index (χ1v) is 6.50. The van der Waals surface area contributed by atoms with Crippen LogP contribution >= 0.6 is 0 Å². The van der Waals surface area contributed by atoms with Crippen molar-refractivity contribution in [1.29, 1.82) is 0 Å². The fourth-order valence-electron chi connectivity index (χ4n) is 2.89. The Morgan fingerprint density at radius 2 is 1.86 bits per heavy atom. The topological polar surface area (TPSA) is 12.0 Å². The van der Waals surface area contributed by atoms with E-state index in [1.54, 1.807) is 0 Å². The van der Waals surface area contributed by atoms with Gasteiger partial charge < -0.3 is 5.32 Å². The van der Waals surface area contributed by atoms with Gasteiger partial charge in [0.1, 0.15) is 0 Å². The lowest BCUT2D eigenvalue weighted by Crippen LogP contribution is -2.33. The van der Waals surface area contributed by atoms with E-state index in [-0.39, 0.29) is 0 Å². The number of hydrogen-bond acceptors (Lipinski definition) is 1. The second-order valence-corrected chi connectivity index (χ2v) is 4.93. The van der Waals surface area contributed by atoms with Gasteiger partial charge in [-0.05, 0) is 43.7 Å². The molecule has 1 nitrogen and oxygen atoms in total. The molecule has 0 aliphatic carbocycles. The summed E-state index contributed by atoms with van der Waals surface area (Å²) in [7, 11) is 0. The summed E-state index contributed by atoms with van der Waals surface area (Å²) in [5.74, 6) is 2.93. The van der Waals surface area contributed by atoms with Crippen LogP contribution in [-0.2, 0) is 0 Å². The van der Waals surface area contributed by atoms with Crippen LogP contribution < -0.4 is 5.32 Å². The zero-order chi connectivity index (χ0) is 10.4. The third kappa shape index (κ3) is 3.27. The van der Waals surface area contributed by atoms with Gasteiger partial charge in [0.25, 0.3) is 0 Å². The molecule has 0 aromatic rings. The Bertz CT molecular complexity index is 138. The highest BCUT2D eigenvalue weighted by molar-refractivity contribution is 4.78. The maximum absolute atomic E-state index is 3.47. The fourth-order valence-corrected chi connectivity index (χ4v) is 2.89. The van der Waals surface area contributed by atoms with E-state index in [2.05, 4.69) is 26.1 Å². The molecular weight excluding hydrogens is 170 g/mol. The van der Waals surface area contributed by atoms with E-state index >= 15 is 0 Å². The molecule has 84 valence electrons. The highest BCUT2D eigenvalue weighted by Gasteiger charge is 2.26. The van der Waals surface area contributed by atoms with Crippen molar-refractivity contribution in [3.8, 4) is 0 Å². The maximum atomic E-state index is 3.47. The summed E-state index contributed by atoms with van der Waals surface area (Å²) in [6.07, 6.45) is 6.98. The van der Waals surface area contributed by atoms with Crippen molar-refractivity contribution in [2.45, 2.75) is 52.9 Å². The molecule has 1 fully saturated rings. The van der Waals surface area contributed by atoms with E-state index in [4.69, 9.17) is 0 Å². The van der Waals surface area contributed by atoms with Gasteiger partial charge in [0.15, 0.2) is 0 Å². The monoisotopic (exact) mass is 197 g/mol. The average molecular weight is 197 g/mol. The number of hydrogen-bond donors (Lipinski definition) is 1. The summed E-state index contributed by atoms with van der Waals surface area (Å²) in [4.78, 5) is 0. The lowest BCUT2D eigenvalue weighted by Gasteiger charge is -2.34. The maximum Gasteiger partial charge on any atom is -0.00462 e. The normalized spacial score (nSPS) is 23.4. The molecule has 0 spiro atoms. The summed E-state index contributed by atoms with van der Waals surface area (Å²) in [5.41, 5.74) is 0. The predicted molar refractivity (Wildman–Crippen MR) is 63.4 cm³/mol. The summed E-state index contributed by atoms with van der Waals surface area (Å²) >= 11 is 0. The fraction of sp³-hybridized carbons (Fsp3) is 1.00. The molecule has 2 unspecified atom stereocenters. The molecule has 1 aliphatic rings. The molecular formula is C13H27N. The largest absolute Gasteiger partial charge is 0.317 e. The standard InChI is InChI=1S/C13H27N/c1-4-6-13(11(3)5-2)12-7-9-14-10-8-12/h11-14H,4-10H2,1-3H3. The zero-order valence-corrected chi connectivity index (χ0v) is 10.2. The minimum absolute atomic E-state index is 0.929. The van der Waals surface area contributed by atoms with Crippen molar-refractivity contribution in [2.24, 2.45) is 17.8 Å². The van der Waals surface area contributed by atoms with Crippen molar-refractivity contribution >= 4 is 0 Å². The molecule has 1 heterocycles. The van der Waals surface area contributed by atoms with Gasteiger partial charge in [-0.3, -0.25) is 0 Å². The van der Waals surface area contributed by atoms with Crippen LogP contribution in [0.25, 0.3) is 0 Å². The molecule has 0 radical (unpaired) electrons. The van der Waals surface area contributed by atoms with E-state index in [0.29, 0.717) is 0 Å². The number of rotatable bonds is 5. The SMILES string of the molecule is CCCC(C(C)CC)C1CCNCC1. The van der Waals surface area contributed by atoms with E-state index in [9.17, 15) is 0 Å². The van der Waals surface area contributed by atoms with E-state index in [0.717, 1.165) is 17.8 Å². The van der Waals surface area contributed by atoms with Crippen LogP contribution in [0.15, 0.2) is 0 Å². The van der Waals surface area contributed by atoms with Gasteiger partial charge in [-0.15, -0.1) is 0 Å². The van der Waals surface area contributed by atoms with Crippen molar-refractivity contribution < 1.29 is 0 Å². The Hall–Kier alpha value is -0.0400. The summed E-state index contributed by atoms with van der Waals surface area (Å²) in [5, 5.41) is 3.47. The molecule has 0 amide bonds. The first kappa shape index (κ1) is 12.0. The van der Waals surface area contributed by atoms with Crippen molar-refractivity contribution in [3.63, 3.8) is 0 Å². The summed E-state index contributed by atoms with van der Waals surface area (Å²) < 4.78 is 0. The Morgan fingerprint density at radius 1 is 1.21 bits per heavy atom. The van der Waals surface area contributed by atoms with Crippen molar-refractivity contribution in [3.05, 3.63) is 0 Å². The van der Waals surface area contributed by atoms with Gasteiger partial charge in [0, 0.05) is 0 Å².